The molecule has 0 aromatic heterocycles. The number of rotatable bonds is 4. The first-order chi connectivity index (χ1) is 14.9. The SMILES string of the molecule is COc1cc(Br)cc(/C=C2\SC(=O)N(CC(=O)N3CCc4ccccc4C3)C2=O)c1O. The number of hydrogen-bond acceptors (Lipinski definition) is 6. The monoisotopic (exact) mass is 502 g/mol. The molecule has 2 aromatic carbocycles. The molecule has 1 saturated heterocycles. The summed E-state index contributed by atoms with van der Waals surface area (Å²) >= 11 is 4.07. The molecule has 2 aliphatic rings. The predicted molar refractivity (Wildman–Crippen MR) is 121 cm³/mol. The number of ether oxygens (including phenoxy) is 1. The molecule has 2 aromatic rings. The summed E-state index contributed by atoms with van der Waals surface area (Å²) in [6.07, 6.45) is 2.17. The van der Waals surface area contributed by atoms with Crippen molar-refractivity contribution in [1.29, 1.82) is 0 Å². The zero-order valence-corrected chi connectivity index (χ0v) is 19.0. The molecule has 0 atom stereocenters. The van der Waals surface area contributed by atoms with Gasteiger partial charge in [-0.1, -0.05) is 40.2 Å². The van der Waals surface area contributed by atoms with E-state index in [4.69, 9.17) is 4.74 Å². The molecule has 0 spiro atoms. The minimum absolute atomic E-state index is 0.136. The number of thioether (sulfide) groups is 1. The molecule has 1 N–H and O–H groups in total. The summed E-state index contributed by atoms with van der Waals surface area (Å²) in [5.41, 5.74) is 2.62. The van der Waals surface area contributed by atoms with Gasteiger partial charge in [0.25, 0.3) is 11.1 Å². The second-order valence-corrected chi connectivity index (χ2v) is 9.06. The van der Waals surface area contributed by atoms with Gasteiger partial charge in [-0.15, -0.1) is 0 Å². The maximum absolute atomic E-state index is 12.8. The summed E-state index contributed by atoms with van der Waals surface area (Å²) in [5.74, 6) is -0.731. The lowest BCUT2D eigenvalue weighted by atomic mass is 10.00. The first kappa shape index (κ1) is 21.5. The Kier molecular flexibility index (Phi) is 6.06. The number of nitrogens with zero attached hydrogens (tertiary/aromatic N) is 2. The summed E-state index contributed by atoms with van der Waals surface area (Å²) in [6.45, 7) is 0.707. The van der Waals surface area contributed by atoms with Gasteiger partial charge in [-0.3, -0.25) is 19.3 Å². The Hall–Kier alpha value is -2.78. The molecule has 0 aliphatic carbocycles. The van der Waals surface area contributed by atoms with Crippen molar-refractivity contribution in [2.45, 2.75) is 13.0 Å². The van der Waals surface area contributed by atoms with E-state index in [2.05, 4.69) is 15.9 Å². The molecule has 0 unspecified atom stereocenters. The summed E-state index contributed by atoms with van der Waals surface area (Å²) in [5, 5.41) is 9.81. The van der Waals surface area contributed by atoms with E-state index in [9.17, 15) is 19.5 Å². The van der Waals surface area contributed by atoms with Crippen LogP contribution in [0.15, 0.2) is 45.8 Å². The van der Waals surface area contributed by atoms with Gasteiger partial charge in [0.1, 0.15) is 6.54 Å². The van der Waals surface area contributed by atoms with Gasteiger partial charge >= 0.3 is 0 Å². The van der Waals surface area contributed by atoms with E-state index in [1.165, 1.54) is 18.7 Å². The average molecular weight is 503 g/mol. The number of hydrogen-bond donors (Lipinski definition) is 1. The minimum atomic E-state index is -0.556. The number of carbonyl (C=O) groups is 3. The number of phenolic OH excluding ortho intramolecular Hbond substituents is 1. The van der Waals surface area contributed by atoms with Crippen LogP contribution in [0, 0.1) is 0 Å². The summed E-state index contributed by atoms with van der Waals surface area (Å²) in [7, 11) is 1.42. The maximum Gasteiger partial charge on any atom is 0.294 e. The van der Waals surface area contributed by atoms with Crippen LogP contribution in [-0.4, -0.2) is 52.2 Å². The highest BCUT2D eigenvalue weighted by atomic mass is 79.9. The van der Waals surface area contributed by atoms with Crippen molar-refractivity contribution in [2.75, 3.05) is 20.2 Å². The van der Waals surface area contributed by atoms with E-state index < -0.39 is 11.1 Å². The number of methoxy groups -OCH3 is 1. The van der Waals surface area contributed by atoms with Crippen molar-refractivity contribution in [1.82, 2.24) is 9.80 Å². The van der Waals surface area contributed by atoms with Gasteiger partial charge in [-0.25, -0.2) is 0 Å². The largest absolute Gasteiger partial charge is 0.504 e. The lowest BCUT2D eigenvalue weighted by molar-refractivity contribution is -0.136. The van der Waals surface area contributed by atoms with Gasteiger partial charge in [-0.05, 0) is 47.5 Å². The van der Waals surface area contributed by atoms with Crippen molar-refractivity contribution >= 4 is 50.8 Å². The van der Waals surface area contributed by atoms with Crippen LogP contribution in [0.1, 0.15) is 16.7 Å². The van der Waals surface area contributed by atoms with Crippen LogP contribution in [0.5, 0.6) is 11.5 Å². The Bertz CT molecular complexity index is 1120. The maximum atomic E-state index is 12.8. The lowest BCUT2D eigenvalue weighted by Gasteiger charge is -2.29. The molecule has 0 saturated carbocycles. The van der Waals surface area contributed by atoms with Gasteiger partial charge in [-0.2, -0.15) is 0 Å². The lowest BCUT2D eigenvalue weighted by Crippen LogP contribution is -2.44. The molecule has 9 heteroatoms. The van der Waals surface area contributed by atoms with Crippen LogP contribution < -0.4 is 4.74 Å². The van der Waals surface area contributed by atoms with Crippen molar-refractivity contribution < 1.29 is 24.2 Å². The van der Waals surface area contributed by atoms with E-state index in [1.807, 2.05) is 24.3 Å². The van der Waals surface area contributed by atoms with E-state index in [0.717, 1.165) is 28.6 Å². The molecule has 2 heterocycles. The summed E-state index contributed by atoms with van der Waals surface area (Å²) in [6, 6.07) is 11.1. The molecule has 3 amide bonds. The number of amides is 3. The number of phenols is 1. The highest BCUT2D eigenvalue weighted by Gasteiger charge is 2.37. The van der Waals surface area contributed by atoms with Crippen LogP contribution in [0.3, 0.4) is 0 Å². The van der Waals surface area contributed by atoms with Gasteiger partial charge in [0, 0.05) is 23.1 Å². The fourth-order valence-corrected chi connectivity index (χ4v) is 4.87. The van der Waals surface area contributed by atoms with Crippen molar-refractivity contribution in [2.24, 2.45) is 0 Å². The molecular weight excluding hydrogens is 484 g/mol. The number of aromatic hydroxyl groups is 1. The van der Waals surface area contributed by atoms with E-state index in [-0.39, 0.29) is 28.9 Å². The molecule has 160 valence electrons. The van der Waals surface area contributed by atoms with Crippen LogP contribution >= 0.6 is 27.7 Å². The Balaban J connectivity index is 1.50. The molecule has 4 rings (SSSR count). The molecule has 2 aliphatic heterocycles. The van der Waals surface area contributed by atoms with Gasteiger partial charge in [0.15, 0.2) is 11.5 Å². The third-order valence-corrected chi connectivity index (χ3v) is 6.59. The topological polar surface area (TPSA) is 87.2 Å². The highest BCUT2D eigenvalue weighted by Crippen LogP contribution is 2.38. The third-order valence-electron chi connectivity index (χ3n) is 5.23. The third kappa shape index (κ3) is 4.33. The summed E-state index contributed by atoms with van der Waals surface area (Å²) in [4.78, 5) is 40.8. The van der Waals surface area contributed by atoms with Crippen molar-refractivity contribution in [3.8, 4) is 11.5 Å². The molecular formula is C22H19BrN2O5S. The molecule has 31 heavy (non-hydrogen) atoms. The Morgan fingerprint density at radius 2 is 2.00 bits per heavy atom. The Morgan fingerprint density at radius 1 is 1.26 bits per heavy atom. The highest BCUT2D eigenvalue weighted by molar-refractivity contribution is 9.10. The standard InChI is InChI=1S/C22H19BrN2O5S/c1-30-17-10-16(23)8-15(20(17)27)9-18-21(28)25(22(29)31-18)12-19(26)24-7-6-13-4-2-3-5-14(13)11-24/h2-5,8-10,27H,6-7,11-12H2,1H3/b18-9-. The first-order valence-corrected chi connectivity index (χ1v) is 11.1. The fraction of sp³-hybridized carbons (Fsp3) is 0.227. The van der Waals surface area contributed by atoms with Gasteiger partial charge in [0.2, 0.25) is 5.91 Å². The number of halogens is 1. The van der Waals surface area contributed by atoms with Crippen LogP contribution in [0.4, 0.5) is 4.79 Å². The predicted octanol–water partition coefficient (Wildman–Crippen LogP) is 3.78. The number of imide groups is 1. The second-order valence-electron chi connectivity index (χ2n) is 7.15. The minimum Gasteiger partial charge on any atom is -0.504 e. The molecule has 0 bridgehead atoms. The van der Waals surface area contributed by atoms with Crippen LogP contribution in [-0.2, 0) is 22.6 Å². The van der Waals surface area contributed by atoms with Crippen LogP contribution in [0.25, 0.3) is 6.08 Å². The van der Waals surface area contributed by atoms with Crippen molar-refractivity contribution in [3.63, 3.8) is 0 Å². The van der Waals surface area contributed by atoms with E-state index >= 15 is 0 Å². The Morgan fingerprint density at radius 3 is 2.74 bits per heavy atom. The van der Waals surface area contributed by atoms with E-state index in [0.29, 0.717) is 23.1 Å². The Labute approximate surface area is 191 Å². The summed E-state index contributed by atoms with van der Waals surface area (Å²) < 4.78 is 5.76. The van der Waals surface area contributed by atoms with Crippen LogP contribution in [0.2, 0.25) is 0 Å². The molecule has 1 fully saturated rings. The first-order valence-electron chi connectivity index (χ1n) is 9.54. The zero-order chi connectivity index (χ0) is 22.1. The number of benzene rings is 2. The number of carbonyl (C=O) groups excluding carboxylic acids is 3. The van der Waals surface area contributed by atoms with Gasteiger partial charge < -0.3 is 14.7 Å². The van der Waals surface area contributed by atoms with E-state index in [1.54, 1.807) is 17.0 Å². The molecule has 0 radical (unpaired) electrons. The smallest absolute Gasteiger partial charge is 0.294 e. The fourth-order valence-electron chi connectivity index (χ4n) is 3.58. The zero-order valence-electron chi connectivity index (χ0n) is 16.6. The average Bonchev–Trinajstić information content (AvgIpc) is 3.02. The second kappa shape index (κ2) is 8.76. The molecule has 7 nitrogen and oxygen atoms in total. The number of fused-ring (bicyclic) bond motifs is 1. The quantitative estimate of drug-likeness (QED) is 0.640. The van der Waals surface area contributed by atoms with Gasteiger partial charge in [0.05, 0.1) is 12.0 Å². The van der Waals surface area contributed by atoms with Crippen molar-refractivity contribution in [3.05, 3.63) is 62.5 Å². The normalized spacial score (nSPS) is 17.3.